The number of nitrogens with zero attached hydrogens (tertiary/aromatic N) is 2. The Bertz CT molecular complexity index is 362. The molecule has 1 unspecified atom stereocenters. The summed E-state index contributed by atoms with van der Waals surface area (Å²) in [4.78, 5) is 14.0. The number of likely N-dealkylation sites (tertiary alicyclic amines) is 1. The lowest BCUT2D eigenvalue weighted by atomic mass is 9.98. The number of hydrogen-bond acceptors (Lipinski definition) is 4. The molecular weight excluding hydrogens is 230 g/mol. The molecule has 0 aromatic carbocycles. The fraction of sp³-hybridized carbons (Fsp3) is 0.846. The van der Waals surface area contributed by atoms with Crippen molar-refractivity contribution in [3.8, 4) is 6.07 Å². The van der Waals surface area contributed by atoms with Gasteiger partial charge in [-0.2, -0.15) is 5.26 Å². The largest absolute Gasteiger partial charge is 0.395 e. The van der Waals surface area contributed by atoms with E-state index in [9.17, 15) is 15.2 Å². The minimum atomic E-state index is -0.717. The molecule has 5 heteroatoms. The normalized spacial score (nSPS) is 27.5. The molecule has 0 radical (unpaired) electrons. The Labute approximate surface area is 108 Å². The number of aliphatic hydroxyl groups excluding tert-OH is 1. The summed E-state index contributed by atoms with van der Waals surface area (Å²) >= 11 is 0. The first-order valence-corrected chi connectivity index (χ1v) is 6.66. The number of carbonyl (C=O) groups is 1. The highest BCUT2D eigenvalue weighted by Crippen LogP contribution is 2.39. The summed E-state index contributed by atoms with van der Waals surface area (Å²) in [5.74, 6) is 0.199. The fourth-order valence-electron chi connectivity index (χ4n) is 2.71. The Morgan fingerprint density at radius 2 is 2.28 bits per heavy atom. The number of amides is 1. The van der Waals surface area contributed by atoms with E-state index in [0.29, 0.717) is 5.92 Å². The van der Waals surface area contributed by atoms with Crippen LogP contribution in [0.15, 0.2) is 0 Å². The summed E-state index contributed by atoms with van der Waals surface area (Å²) < 4.78 is 0. The van der Waals surface area contributed by atoms with Gasteiger partial charge in [-0.05, 0) is 45.1 Å². The zero-order valence-corrected chi connectivity index (χ0v) is 10.9. The molecule has 1 saturated heterocycles. The number of nitriles is 1. The van der Waals surface area contributed by atoms with Crippen molar-refractivity contribution in [3.05, 3.63) is 0 Å². The van der Waals surface area contributed by atoms with Crippen molar-refractivity contribution in [2.45, 2.75) is 44.2 Å². The van der Waals surface area contributed by atoms with Gasteiger partial charge >= 0.3 is 0 Å². The van der Waals surface area contributed by atoms with Gasteiger partial charge in [0.25, 0.3) is 0 Å². The molecule has 2 fully saturated rings. The van der Waals surface area contributed by atoms with E-state index >= 15 is 0 Å². The standard InChI is InChI=1S/C13H21N3O2/c1-13(9-14,10-4-5-10)15-12(18)7-16-6-2-3-11(16)8-17/h10-11,17H,2-8H2,1H3,(H,15,18)/t11-,13?/m1/s1. The molecule has 0 aromatic rings. The molecular formula is C13H21N3O2. The van der Waals surface area contributed by atoms with Crippen molar-refractivity contribution in [1.29, 1.82) is 5.26 Å². The third-order valence-electron chi connectivity index (χ3n) is 4.08. The Balaban J connectivity index is 1.86. The van der Waals surface area contributed by atoms with Gasteiger partial charge in [0.15, 0.2) is 0 Å². The average Bonchev–Trinajstić information content (AvgIpc) is 3.11. The number of carbonyl (C=O) groups excluding carboxylic acids is 1. The highest BCUT2D eigenvalue weighted by Gasteiger charge is 2.43. The van der Waals surface area contributed by atoms with Crippen molar-refractivity contribution in [3.63, 3.8) is 0 Å². The summed E-state index contributed by atoms with van der Waals surface area (Å²) in [6.07, 6.45) is 4.01. The van der Waals surface area contributed by atoms with E-state index in [4.69, 9.17) is 0 Å². The van der Waals surface area contributed by atoms with Crippen LogP contribution >= 0.6 is 0 Å². The molecule has 5 nitrogen and oxygen atoms in total. The first-order chi connectivity index (χ1) is 8.59. The quantitative estimate of drug-likeness (QED) is 0.734. The van der Waals surface area contributed by atoms with E-state index in [-0.39, 0.29) is 25.1 Å². The summed E-state index contributed by atoms with van der Waals surface area (Å²) in [7, 11) is 0. The van der Waals surface area contributed by atoms with Crippen LogP contribution in [-0.2, 0) is 4.79 Å². The number of hydrogen-bond donors (Lipinski definition) is 2. The Morgan fingerprint density at radius 1 is 1.56 bits per heavy atom. The van der Waals surface area contributed by atoms with Crippen molar-refractivity contribution < 1.29 is 9.90 Å². The topological polar surface area (TPSA) is 76.4 Å². The molecule has 1 heterocycles. The van der Waals surface area contributed by atoms with Crippen LogP contribution in [0.5, 0.6) is 0 Å². The monoisotopic (exact) mass is 251 g/mol. The van der Waals surface area contributed by atoms with Crippen LogP contribution in [-0.4, -0.2) is 47.2 Å². The van der Waals surface area contributed by atoms with Gasteiger partial charge in [-0.3, -0.25) is 9.69 Å². The molecule has 18 heavy (non-hydrogen) atoms. The minimum absolute atomic E-state index is 0.102. The fourth-order valence-corrected chi connectivity index (χ4v) is 2.71. The van der Waals surface area contributed by atoms with Crippen molar-refractivity contribution in [2.24, 2.45) is 5.92 Å². The Hall–Kier alpha value is -1.12. The SMILES string of the molecule is CC(C#N)(NC(=O)CN1CCC[C@@H]1CO)C1CC1. The van der Waals surface area contributed by atoms with Crippen molar-refractivity contribution in [2.75, 3.05) is 19.7 Å². The summed E-state index contributed by atoms with van der Waals surface area (Å²) in [6, 6.07) is 2.32. The zero-order chi connectivity index (χ0) is 13.2. The van der Waals surface area contributed by atoms with Crippen molar-refractivity contribution in [1.82, 2.24) is 10.2 Å². The lowest BCUT2D eigenvalue weighted by Gasteiger charge is -2.26. The van der Waals surface area contributed by atoms with Gasteiger partial charge in [-0.1, -0.05) is 0 Å². The highest BCUT2D eigenvalue weighted by molar-refractivity contribution is 5.79. The zero-order valence-electron chi connectivity index (χ0n) is 10.9. The predicted molar refractivity (Wildman–Crippen MR) is 66.6 cm³/mol. The van der Waals surface area contributed by atoms with Gasteiger partial charge in [0.05, 0.1) is 19.2 Å². The van der Waals surface area contributed by atoms with Crippen LogP contribution in [0.3, 0.4) is 0 Å². The molecule has 0 spiro atoms. The average molecular weight is 251 g/mol. The van der Waals surface area contributed by atoms with Gasteiger partial charge in [0.1, 0.15) is 5.54 Å². The lowest BCUT2D eigenvalue weighted by molar-refractivity contribution is -0.124. The second-order valence-corrected chi connectivity index (χ2v) is 5.59. The van der Waals surface area contributed by atoms with Crippen LogP contribution in [0.4, 0.5) is 0 Å². The molecule has 100 valence electrons. The number of aliphatic hydroxyl groups is 1. The molecule has 2 atom stereocenters. The molecule has 1 aliphatic heterocycles. The van der Waals surface area contributed by atoms with Crippen molar-refractivity contribution >= 4 is 5.91 Å². The molecule has 2 rings (SSSR count). The predicted octanol–water partition coefficient (Wildman–Crippen LogP) is 0.252. The molecule has 1 amide bonds. The summed E-state index contributed by atoms with van der Waals surface area (Å²) in [5, 5.41) is 21.2. The van der Waals surface area contributed by atoms with E-state index in [1.54, 1.807) is 6.92 Å². The van der Waals surface area contributed by atoms with Gasteiger partial charge in [-0.15, -0.1) is 0 Å². The maximum absolute atomic E-state index is 12.0. The third-order valence-corrected chi connectivity index (χ3v) is 4.08. The van der Waals surface area contributed by atoms with Gasteiger partial charge < -0.3 is 10.4 Å². The van der Waals surface area contributed by atoms with Gasteiger partial charge in [0, 0.05) is 6.04 Å². The summed E-state index contributed by atoms with van der Waals surface area (Å²) in [6.45, 7) is 3.04. The maximum Gasteiger partial charge on any atom is 0.235 e. The smallest absolute Gasteiger partial charge is 0.235 e. The maximum atomic E-state index is 12.0. The second kappa shape index (κ2) is 5.25. The van der Waals surface area contributed by atoms with Crippen LogP contribution in [0.1, 0.15) is 32.6 Å². The van der Waals surface area contributed by atoms with Gasteiger partial charge in [-0.25, -0.2) is 0 Å². The van der Waals surface area contributed by atoms with E-state index in [2.05, 4.69) is 11.4 Å². The van der Waals surface area contributed by atoms with E-state index in [0.717, 1.165) is 32.2 Å². The molecule has 1 aliphatic carbocycles. The van der Waals surface area contributed by atoms with Gasteiger partial charge in [0.2, 0.25) is 5.91 Å². The first kappa shape index (κ1) is 13.3. The molecule has 2 N–H and O–H groups in total. The minimum Gasteiger partial charge on any atom is -0.395 e. The molecule has 0 aromatic heterocycles. The second-order valence-electron chi connectivity index (χ2n) is 5.59. The third kappa shape index (κ3) is 2.82. The van der Waals surface area contributed by atoms with Crippen LogP contribution in [0.2, 0.25) is 0 Å². The molecule has 1 saturated carbocycles. The Kier molecular flexibility index (Phi) is 3.88. The van der Waals surface area contributed by atoms with Crippen LogP contribution in [0.25, 0.3) is 0 Å². The van der Waals surface area contributed by atoms with E-state index in [1.807, 2.05) is 4.90 Å². The first-order valence-electron chi connectivity index (χ1n) is 6.66. The Morgan fingerprint density at radius 3 is 2.83 bits per heavy atom. The number of rotatable bonds is 5. The lowest BCUT2D eigenvalue weighted by Crippen LogP contribution is -2.51. The van der Waals surface area contributed by atoms with Crippen LogP contribution < -0.4 is 5.32 Å². The van der Waals surface area contributed by atoms with E-state index in [1.165, 1.54) is 0 Å². The molecule has 0 bridgehead atoms. The summed E-state index contributed by atoms with van der Waals surface area (Å²) in [5.41, 5.74) is -0.717. The number of nitrogens with one attached hydrogen (secondary N) is 1. The highest BCUT2D eigenvalue weighted by atomic mass is 16.3. The molecule has 2 aliphatic rings. The van der Waals surface area contributed by atoms with Crippen LogP contribution in [0, 0.1) is 17.2 Å². The van der Waals surface area contributed by atoms with E-state index < -0.39 is 5.54 Å².